The van der Waals surface area contributed by atoms with Gasteiger partial charge < -0.3 is 0 Å². The Morgan fingerprint density at radius 3 is 2.44 bits per heavy atom. The minimum absolute atomic E-state index is 0.0749. The van der Waals surface area contributed by atoms with Gasteiger partial charge in [-0.1, -0.05) is 41.4 Å². The zero-order valence-electron chi connectivity index (χ0n) is 8.86. The van der Waals surface area contributed by atoms with E-state index in [1.807, 2.05) is 0 Å². The summed E-state index contributed by atoms with van der Waals surface area (Å²) < 4.78 is 14.0. The molecule has 2 rings (SSSR count). The highest BCUT2D eigenvalue weighted by atomic mass is 35.5. The first-order chi connectivity index (χ1) is 8.50. The van der Waals surface area contributed by atoms with Gasteiger partial charge in [0.25, 0.3) is 0 Å². The summed E-state index contributed by atoms with van der Waals surface area (Å²) in [5, 5.41) is 11.3. The Hall–Kier alpha value is -1.65. The molecule has 0 aromatic heterocycles. The van der Waals surface area contributed by atoms with Crippen molar-refractivity contribution in [3.05, 3.63) is 62.4 Å². The normalized spacial score (nSPS) is 10.4. The SMILES string of the molecule is O=[N+]([O-])c1cccc(-c2ccc(Cl)cc2Cl)c1F. The van der Waals surface area contributed by atoms with E-state index in [0.29, 0.717) is 10.6 Å². The van der Waals surface area contributed by atoms with Gasteiger partial charge >= 0.3 is 5.69 Å². The Kier molecular flexibility index (Phi) is 3.50. The van der Waals surface area contributed by atoms with E-state index in [4.69, 9.17) is 23.2 Å². The number of hydrogen-bond acceptors (Lipinski definition) is 2. The summed E-state index contributed by atoms with van der Waals surface area (Å²) in [7, 11) is 0. The molecule has 0 saturated heterocycles. The summed E-state index contributed by atoms with van der Waals surface area (Å²) in [6, 6.07) is 8.45. The van der Waals surface area contributed by atoms with Gasteiger partial charge in [-0.05, 0) is 12.1 Å². The van der Waals surface area contributed by atoms with E-state index in [1.54, 1.807) is 6.07 Å². The zero-order valence-corrected chi connectivity index (χ0v) is 10.4. The molecule has 0 spiro atoms. The fourth-order valence-corrected chi connectivity index (χ4v) is 2.09. The van der Waals surface area contributed by atoms with Crippen LogP contribution in [0.1, 0.15) is 0 Å². The summed E-state index contributed by atoms with van der Waals surface area (Å²) in [6.45, 7) is 0. The maximum Gasteiger partial charge on any atom is 0.305 e. The molecule has 0 radical (unpaired) electrons. The van der Waals surface area contributed by atoms with Crippen LogP contribution in [0.15, 0.2) is 36.4 Å². The summed E-state index contributed by atoms with van der Waals surface area (Å²) >= 11 is 11.7. The van der Waals surface area contributed by atoms with Gasteiger partial charge in [0.2, 0.25) is 5.82 Å². The van der Waals surface area contributed by atoms with E-state index in [9.17, 15) is 14.5 Å². The third-order valence-electron chi connectivity index (χ3n) is 2.40. The van der Waals surface area contributed by atoms with Crippen molar-refractivity contribution < 1.29 is 9.31 Å². The second kappa shape index (κ2) is 4.92. The highest BCUT2D eigenvalue weighted by molar-refractivity contribution is 6.36. The zero-order chi connectivity index (χ0) is 13.3. The van der Waals surface area contributed by atoms with Gasteiger partial charge in [-0.25, -0.2) is 0 Å². The summed E-state index contributed by atoms with van der Waals surface area (Å²) in [6.07, 6.45) is 0. The van der Waals surface area contributed by atoms with Crippen LogP contribution in [0.2, 0.25) is 10.0 Å². The average molecular weight is 286 g/mol. The van der Waals surface area contributed by atoms with Crippen molar-refractivity contribution in [2.24, 2.45) is 0 Å². The monoisotopic (exact) mass is 285 g/mol. The molecule has 92 valence electrons. The van der Waals surface area contributed by atoms with Crippen LogP contribution >= 0.6 is 23.2 Å². The molecule has 2 aromatic rings. The molecule has 0 atom stereocenters. The molecule has 6 heteroatoms. The van der Waals surface area contributed by atoms with Gasteiger partial charge in [0.05, 0.1) is 4.92 Å². The van der Waals surface area contributed by atoms with Crippen LogP contribution in [0.25, 0.3) is 11.1 Å². The Morgan fingerprint density at radius 1 is 1.11 bits per heavy atom. The van der Waals surface area contributed by atoms with Crippen molar-refractivity contribution in [1.82, 2.24) is 0 Å². The van der Waals surface area contributed by atoms with Crippen LogP contribution in [-0.4, -0.2) is 4.92 Å². The van der Waals surface area contributed by atoms with Crippen molar-refractivity contribution >= 4 is 28.9 Å². The van der Waals surface area contributed by atoms with Crippen LogP contribution in [-0.2, 0) is 0 Å². The van der Waals surface area contributed by atoms with Crippen LogP contribution < -0.4 is 0 Å². The number of rotatable bonds is 2. The predicted octanol–water partition coefficient (Wildman–Crippen LogP) is 4.71. The standard InChI is InChI=1S/C12H6Cl2FNO2/c13-7-4-5-8(10(14)6-7)9-2-1-3-11(12(9)15)16(17)18/h1-6H. The quantitative estimate of drug-likeness (QED) is 0.592. The fraction of sp³-hybridized carbons (Fsp3) is 0. The van der Waals surface area contributed by atoms with Gasteiger partial charge in [-0.15, -0.1) is 0 Å². The Bertz CT molecular complexity index is 631. The third-order valence-corrected chi connectivity index (χ3v) is 2.94. The van der Waals surface area contributed by atoms with E-state index in [0.717, 1.165) is 6.07 Å². The number of nitro groups is 1. The van der Waals surface area contributed by atoms with Crippen molar-refractivity contribution in [3.63, 3.8) is 0 Å². The lowest BCUT2D eigenvalue weighted by atomic mass is 10.0. The Balaban J connectivity index is 2.64. The minimum atomic E-state index is -0.910. The molecule has 0 aliphatic rings. The van der Waals surface area contributed by atoms with E-state index in [1.165, 1.54) is 24.3 Å². The molecule has 0 unspecified atom stereocenters. The highest BCUT2D eigenvalue weighted by Crippen LogP contribution is 2.34. The predicted molar refractivity (Wildman–Crippen MR) is 68.5 cm³/mol. The largest absolute Gasteiger partial charge is 0.305 e. The number of nitrogens with zero attached hydrogens (tertiary/aromatic N) is 1. The van der Waals surface area contributed by atoms with Crippen LogP contribution in [0.3, 0.4) is 0 Å². The molecule has 0 amide bonds. The van der Waals surface area contributed by atoms with Crippen LogP contribution in [0.5, 0.6) is 0 Å². The lowest BCUT2D eigenvalue weighted by Gasteiger charge is -2.06. The minimum Gasteiger partial charge on any atom is -0.258 e. The molecule has 2 aromatic carbocycles. The molecule has 0 aliphatic heterocycles. The van der Waals surface area contributed by atoms with Crippen LogP contribution in [0.4, 0.5) is 10.1 Å². The second-order valence-corrected chi connectivity index (χ2v) is 4.36. The first-order valence-electron chi connectivity index (χ1n) is 4.89. The van der Waals surface area contributed by atoms with Crippen molar-refractivity contribution in [1.29, 1.82) is 0 Å². The van der Waals surface area contributed by atoms with E-state index in [2.05, 4.69) is 0 Å². The first-order valence-corrected chi connectivity index (χ1v) is 5.64. The Labute approximate surface area is 112 Å². The maximum atomic E-state index is 14.0. The molecule has 3 nitrogen and oxygen atoms in total. The molecule has 0 saturated carbocycles. The lowest BCUT2D eigenvalue weighted by Crippen LogP contribution is -1.94. The topological polar surface area (TPSA) is 43.1 Å². The lowest BCUT2D eigenvalue weighted by molar-refractivity contribution is -0.387. The smallest absolute Gasteiger partial charge is 0.258 e. The second-order valence-electron chi connectivity index (χ2n) is 3.52. The molecule has 0 N–H and O–H groups in total. The summed E-state index contributed by atoms with van der Waals surface area (Å²) in [5.41, 5.74) is -0.147. The van der Waals surface area contributed by atoms with Crippen molar-refractivity contribution in [2.75, 3.05) is 0 Å². The number of halogens is 3. The van der Waals surface area contributed by atoms with Gasteiger partial charge in [-0.2, -0.15) is 4.39 Å². The average Bonchev–Trinajstić information content (AvgIpc) is 2.30. The first kappa shape index (κ1) is 12.8. The third kappa shape index (κ3) is 2.30. The van der Waals surface area contributed by atoms with Gasteiger partial charge in [0, 0.05) is 27.2 Å². The Morgan fingerprint density at radius 2 is 1.83 bits per heavy atom. The molecular formula is C12H6Cl2FNO2. The fourth-order valence-electron chi connectivity index (χ4n) is 1.58. The van der Waals surface area contributed by atoms with Gasteiger partial charge in [-0.3, -0.25) is 10.1 Å². The number of benzene rings is 2. The van der Waals surface area contributed by atoms with E-state index in [-0.39, 0.29) is 10.6 Å². The van der Waals surface area contributed by atoms with Gasteiger partial charge in [0.1, 0.15) is 0 Å². The molecule has 0 bridgehead atoms. The van der Waals surface area contributed by atoms with E-state index < -0.39 is 16.4 Å². The van der Waals surface area contributed by atoms with E-state index >= 15 is 0 Å². The molecule has 0 aliphatic carbocycles. The molecule has 0 fully saturated rings. The van der Waals surface area contributed by atoms with Crippen molar-refractivity contribution in [2.45, 2.75) is 0 Å². The number of hydrogen-bond donors (Lipinski definition) is 0. The van der Waals surface area contributed by atoms with Crippen LogP contribution in [0, 0.1) is 15.9 Å². The maximum absolute atomic E-state index is 14.0. The highest BCUT2D eigenvalue weighted by Gasteiger charge is 2.19. The summed E-state index contributed by atoms with van der Waals surface area (Å²) in [4.78, 5) is 9.88. The van der Waals surface area contributed by atoms with Gasteiger partial charge in [0.15, 0.2) is 0 Å². The number of nitro benzene ring substituents is 1. The molecule has 0 heterocycles. The molecule has 18 heavy (non-hydrogen) atoms. The van der Waals surface area contributed by atoms with Crippen molar-refractivity contribution in [3.8, 4) is 11.1 Å². The summed E-state index contributed by atoms with van der Waals surface area (Å²) in [5.74, 6) is -0.910. The molecular weight excluding hydrogens is 280 g/mol.